The maximum atomic E-state index is 10.9. The molecule has 0 radical (unpaired) electrons. The van der Waals surface area contributed by atoms with Gasteiger partial charge in [0.2, 0.25) is 0 Å². The molecule has 0 aliphatic heterocycles. The fourth-order valence-corrected chi connectivity index (χ4v) is 0.520. The van der Waals surface area contributed by atoms with Crippen LogP contribution in [0.3, 0.4) is 0 Å². The summed E-state index contributed by atoms with van der Waals surface area (Å²) in [6.07, 6.45) is 1.32. The number of rotatable bonds is 5. The summed E-state index contributed by atoms with van der Waals surface area (Å²) in [5.41, 5.74) is 0.425. The van der Waals surface area contributed by atoms with Crippen molar-refractivity contribution in [2.75, 3.05) is 20.5 Å². The standard InChI is InChI=1S/C8H14O4/c1-4-12-8(9)7(2)5-11-6-10-3/h5H,4,6H2,1-3H3. The summed E-state index contributed by atoms with van der Waals surface area (Å²) in [6.45, 7) is 3.87. The minimum atomic E-state index is -0.367. The topological polar surface area (TPSA) is 44.8 Å². The van der Waals surface area contributed by atoms with Crippen LogP contribution < -0.4 is 0 Å². The quantitative estimate of drug-likeness (QED) is 0.206. The monoisotopic (exact) mass is 174 g/mol. The summed E-state index contributed by atoms with van der Waals surface area (Å²) >= 11 is 0. The van der Waals surface area contributed by atoms with Gasteiger partial charge in [0, 0.05) is 7.11 Å². The number of methoxy groups -OCH3 is 1. The van der Waals surface area contributed by atoms with E-state index in [1.807, 2.05) is 0 Å². The van der Waals surface area contributed by atoms with E-state index in [-0.39, 0.29) is 12.8 Å². The van der Waals surface area contributed by atoms with Crippen molar-refractivity contribution in [1.29, 1.82) is 0 Å². The van der Waals surface area contributed by atoms with Crippen molar-refractivity contribution in [3.63, 3.8) is 0 Å². The Morgan fingerprint density at radius 3 is 2.67 bits per heavy atom. The van der Waals surface area contributed by atoms with Gasteiger partial charge in [0.25, 0.3) is 0 Å². The second kappa shape index (κ2) is 6.67. The summed E-state index contributed by atoms with van der Waals surface area (Å²) in [4.78, 5) is 10.9. The molecule has 0 unspecified atom stereocenters. The molecule has 0 aromatic rings. The summed E-state index contributed by atoms with van der Waals surface area (Å²) in [5, 5.41) is 0. The van der Waals surface area contributed by atoms with Gasteiger partial charge in [0.1, 0.15) is 0 Å². The third-order valence-corrected chi connectivity index (χ3v) is 1.04. The first-order valence-electron chi connectivity index (χ1n) is 3.66. The van der Waals surface area contributed by atoms with Crippen LogP contribution in [0.25, 0.3) is 0 Å². The van der Waals surface area contributed by atoms with Crippen LogP contribution in [0.4, 0.5) is 0 Å². The van der Waals surface area contributed by atoms with E-state index in [2.05, 4.69) is 4.74 Å². The Labute approximate surface area is 72.1 Å². The molecular formula is C8H14O4. The van der Waals surface area contributed by atoms with E-state index in [0.29, 0.717) is 12.2 Å². The number of carbonyl (C=O) groups excluding carboxylic acids is 1. The molecule has 0 bridgehead atoms. The van der Waals surface area contributed by atoms with Crippen LogP contribution in [0.2, 0.25) is 0 Å². The van der Waals surface area contributed by atoms with Gasteiger partial charge in [0.05, 0.1) is 18.4 Å². The molecule has 0 aliphatic rings. The molecule has 0 heterocycles. The zero-order valence-corrected chi connectivity index (χ0v) is 7.62. The molecule has 0 atom stereocenters. The lowest BCUT2D eigenvalue weighted by Crippen LogP contribution is -2.05. The Morgan fingerprint density at radius 2 is 2.17 bits per heavy atom. The van der Waals surface area contributed by atoms with Crippen molar-refractivity contribution in [3.8, 4) is 0 Å². The van der Waals surface area contributed by atoms with Crippen molar-refractivity contribution in [3.05, 3.63) is 11.8 Å². The van der Waals surface area contributed by atoms with E-state index < -0.39 is 0 Å². The fourth-order valence-electron chi connectivity index (χ4n) is 0.520. The molecule has 0 rings (SSSR count). The normalized spacial score (nSPS) is 11.1. The molecule has 0 aliphatic carbocycles. The Balaban J connectivity index is 3.74. The minimum absolute atomic E-state index is 0.136. The van der Waals surface area contributed by atoms with Crippen LogP contribution in [-0.2, 0) is 19.0 Å². The third-order valence-electron chi connectivity index (χ3n) is 1.04. The van der Waals surface area contributed by atoms with Crippen molar-refractivity contribution in [2.24, 2.45) is 0 Å². The largest absolute Gasteiger partial charge is 0.475 e. The maximum absolute atomic E-state index is 10.9. The minimum Gasteiger partial charge on any atom is -0.475 e. The summed E-state index contributed by atoms with van der Waals surface area (Å²) < 4.78 is 14.1. The summed E-state index contributed by atoms with van der Waals surface area (Å²) in [5.74, 6) is -0.367. The predicted octanol–water partition coefficient (Wildman–Crippen LogP) is 1.07. The SMILES string of the molecule is CCOC(=O)C(C)=COCOC. The van der Waals surface area contributed by atoms with Crippen molar-refractivity contribution in [2.45, 2.75) is 13.8 Å². The van der Waals surface area contributed by atoms with Gasteiger partial charge in [-0.15, -0.1) is 0 Å². The predicted molar refractivity (Wildman–Crippen MR) is 43.4 cm³/mol. The van der Waals surface area contributed by atoms with E-state index in [4.69, 9.17) is 9.47 Å². The second-order valence-electron chi connectivity index (χ2n) is 2.09. The molecule has 0 aromatic carbocycles. The third kappa shape index (κ3) is 4.73. The van der Waals surface area contributed by atoms with Crippen molar-refractivity contribution in [1.82, 2.24) is 0 Å². The van der Waals surface area contributed by atoms with Gasteiger partial charge in [-0.1, -0.05) is 0 Å². The number of ether oxygens (including phenoxy) is 3. The molecular weight excluding hydrogens is 160 g/mol. The first-order chi connectivity index (χ1) is 5.72. The van der Waals surface area contributed by atoms with Crippen molar-refractivity contribution < 1.29 is 19.0 Å². The molecule has 0 spiro atoms. The highest BCUT2D eigenvalue weighted by Crippen LogP contribution is 1.96. The van der Waals surface area contributed by atoms with Crippen LogP contribution in [0.15, 0.2) is 11.8 Å². The number of carbonyl (C=O) groups is 1. The van der Waals surface area contributed by atoms with E-state index in [1.165, 1.54) is 13.4 Å². The van der Waals surface area contributed by atoms with Crippen LogP contribution in [0, 0.1) is 0 Å². The second-order valence-corrected chi connectivity index (χ2v) is 2.09. The highest BCUT2D eigenvalue weighted by molar-refractivity contribution is 5.87. The fraction of sp³-hybridized carbons (Fsp3) is 0.625. The Morgan fingerprint density at radius 1 is 1.50 bits per heavy atom. The van der Waals surface area contributed by atoms with Gasteiger partial charge < -0.3 is 14.2 Å². The zero-order chi connectivity index (χ0) is 9.40. The molecule has 0 amide bonds. The van der Waals surface area contributed by atoms with Gasteiger partial charge in [-0.3, -0.25) is 0 Å². The molecule has 4 heteroatoms. The highest BCUT2D eigenvalue weighted by atomic mass is 16.7. The summed E-state index contributed by atoms with van der Waals surface area (Å²) in [6, 6.07) is 0. The first kappa shape index (κ1) is 11.0. The van der Waals surface area contributed by atoms with Crippen LogP contribution in [-0.4, -0.2) is 26.5 Å². The van der Waals surface area contributed by atoms with E-state index in [1.54, 1.807) is 13.8 Å². The lowest BCUT2D eigenvalue weighted by molar-refractivity contribution is -0.138. The molecule has 4 nitrogen and oxygen atoms in total. The van der Waals surface area contributed by atoms with Crippen LogP contribution >= 0.6 is 0 Å². The molecule has 0 aromatic heterocycles. The Bertz CT molecular complexity index is 162. The van der Waals surface area contributed by atoms with E-state index in [0.717, 1.165) is 0 Å². The van der Waals surface area contributed by atoms with Crippen molar-refractivity contribution >= 4 is 5.97 Å². The molecule has 0 saturated carbocycles. The number of hydrogen-bond donors (Lipinski definition) is 0. The van der Waals surface area contributed by atoms with E-state index in [9.17, 15) is 4.79 Å². The Kier molecular flexibility index (Phi) is 6.09. The number of esters is 1. The first-order valence-corrected chi connectivity index (χ1v) is 3.66. The van der Waals surface area contributed by atoms with Gasteiger partial charge >= 0.3 is 5.97 Å². The molecule has 0 N–H and O–H groups in total. The smallest absolute Gasteiger partial charge is 0.336 e. The average molecular weight is 174 g/mol. The zero-order valence-electron chi connectivity index (χ0n) is 7.62. The molecule has 12 heavy (non-hydrogen) atoms. The molecule has 0 saturated heterocycles. The van der Waals surface area contributed by atoms with E-state index >= 15 is 0 Å². The lowest BCUT2D eigenvalue weighted by atomic mass is 10.3. The lowest BCUT2D eigenvalue weighted by Gasteiger charge is -2.02. The van der Waals surface area contributed by atoms with Gasteiger partial charge in [-0.05, 0) is 13.8 Å². The number of hydrogen-bond acceptors (Lipinski definition) is 4. The molecule has 0 fully saturated rings. The van der Waals surface area contributed by atoms with Crippen LogP contribution in [0.1, 0.15) is 13.8 Å². The molecule has 70 valence electrons. The maximum Gasteiger partial charge on any atom is 0.336 e. The van der Waals surface area contributed by atoms with Gasteiger partial charge in [0.15, 0.2) is 6.79 Å². The van der Waals surface area contributed by atoms with Crippen LogP contribution in [0.5, 0.6) is 0 Å². The summed E-state index contributed by atoms with van der Waals surface area (Å²) in [7, 11) is 1.51. The average Bonchev–Trinajstić information content (AvgIpc) is 2.05. The Hall–Kier alpha value is -1.03. The van der Waals surface area contributed by atoms with Gasteiger partial charge in [-0.25, -0.2) is 4.79 Å². The van der Waals surface area contributed by atoms with Gasteiger partial charge in [-0.2, -0.15) is 0 Å². The highest BCUT2D eigenvalue weighted by Gasteiger charge is 2.03.